The quantitative estimate of drug-likeness (QED) is 0.727. The van der Waals surface area contributed by atoms with E-state index >= 15 is 0 Å². The number of benzene rings is 2. The molecule has 0 aliphatic carbocycles. The Hall–Kier alpha value is -3.18. The van der Waals surface area contributed by atoms with Gasteiger partial charge in [0.2, 0.25) is 0 Å². The highest BCUT2D eigenvalue weighted by Gasteiger charge is 2.21. The Labute approximate surface area is 158 Å². The van der Waals surface area contributed by atoms with Crippen molar-refractivity contribution in [2.45, 2.75) is 13.5 Å². The molecule has 0 aliphatic heterocycles. The molecule has 0 spiro atoms. The minimum absolute atomic E-state index is 0.131. The zero-order valence-electron chi connectivity index (χ0n) is 15.4. The van der Waals surface area contributed by atoms with Gasteiger partial charge in [-0.25, -0.2) is 0 Å². The van der Waals surface area contributed by atoms with Gasteiger partial charge in [0.1, 0.15) is 5.56 Å². The maximum absolute atomic E-state index is 13.0. The molecule has 0 radical (unpaired) electrons. The van der Waals surface area contributed by atoms with E-state index in [1.54, 1.807) is 19.2 Å². The SMILES string of the molecule is COCCn1c(C)cc(=O)c(C(=O)Nc2ccccc2)c1-c1ccccc1. The zero-order valence-corrected chi connectivity index (χ0v) is 15.4. The lowest BCUT2D eigenvalue weighted by Crippen LogP contribution is -2.27. The standard InChI is InChI=1S/C22H22N2O3/c1-16-15-19(25)20(22(26)23-18-11-7-4-8-12-18)21(24(16)13-14-27-2)17-9-5-3-6-10-17/h3-12,15H,13-14H2,1-2H3,(H,23,26). The van der Waals surface area contributed by atoms with Crippen molar-refractivity contribution in [2.75, 3.05) is 19.0 Å². The van der Waals surface area contributed by atoms with E-state index in [9.17, 15) is 9.59 Å². The van der Waals surface area contributed by atoms with E-state index in [4.69, 9.17) is 4.74 Å². The number of hydrogen-bond donors (Lipinski definition) is 1. The van der Waals surface area contributed by atoms with E-state index in [0.717, 1.165) is 11.3 Å². The van der Waals surface area contributed by atoms with Gasteiger partial charge >= 0.3 is 0 Å². The summed E-state index contributed by atoms with van der Waals surface area (Å²) in [7, 11) is 1.63. The first kappa shape index (κ1) is 18.6. The number of nitrogens with one attached hydrogen (secondary N) is 1. The van der Waals surface area contributed by atoms with Crippen molar-refractivity contribution < 1.29 is 9.53 Å². The third kappa shape index (κ3) is 4.15. The van der Waals surface area contributed by atoms with Gasteiger partial charge in [0.05, 0.1) is 12.3 Å². The molecule has 1 aromatic heterocycles. The molecule has 3 aromatic rings. The van der Waals surface area contributed by atoms with Crippen molar-refractivity contribution in [3.05, 3.63) is 88.2 Å². The van der Waals surface area contributed by atoms with Crippen molar-refractivity contribution >= 4 is 11.6 Å². The molecule has 0 saturated carbocycles. The summed E-state index contributed by atoms with van der Waals surface area (Å²) in [6.45, 7) is 2.88. The molecule has 1 amide bonds. The summed E-state index contributed by atoms with van der Waals surface area (Å²) >= 11 is 0. The van der Waals surface area contributed by atoms with Crippen LogP contribution in [0.3, 0.4) is 0 Å². The van der Waals surface area contributed by atoms with E-state index in [1.165, 1.54) is 6.07 Å². The topological polar surface area (TPSA) is 60.3 Å². The molecule has 138 valence electrons. The molecular formula is C22H22N2O3. The molecule has 0 aliphatic rings. The van der Waals surface area contributed by atoms with Gasteiger partial charge in [0.25, 0.3) is 5.91 Å². The minimum Gasteiger partial charge on any atom is -0.383 e. The lowest BCUT2D eigenvalue weighted by Gasteiger charge is -2.20. The first-order valence-electron chi connectivity index (χ1n) is 8.77. The molecule has 1 N–H and O–H groups in total. The van der Waals surface area contributed by atoms with Crippen molar-refractivity contribution in [3.8, 4) is 11.3 Å². The summed E-state index contributed by atoms with van der Waals surface area (Å²) < 4.78 is 7.18. The van der Waals surface area contributed by atoms with Gasteiger partial charge in [-0.15, -0.1) is 0 Å². The number of pyridine rings is 1. The number of ether oxygens (including phenoxy) is 1. The fraction of sp³-hybridized carbons (Fsp3) is 0.182. The van der Waals surface area contributed by atoms with Crippen LogP contribution in [0.2, 0.25) is 0 Å². The predicted octanol–water partition coefficient (Wildman–Crippen LogP) is 3.72. The van der Waals surface area contributed by atoms with E-state index in [1.807, 2.05) is 60.0 Å². The number of anilines is 1. The molecule has 0 bridgehead atoms. The Morgan fingerprint density at radius 2 is 1.67 bits per heavy atom. The third-order valence-electron chi connectivity index (χ3n) is 4.34. The number of methoxy groups -OCH3 is 1. The lowest BCUT2D eigenvalue weighted by atomic mass is 10.0. The van der Waals surface area contributed by atoms with E-state index in [0.29, 0.717) is 24.5 Å². The molecule has 1 heterocycles. The summed E-state index contributed by atoms with van der Waals surface area (Å²) in [5.74, 6) is -0.420. The molecule has 0 fully saturated rings. The first-order chi connectivity index (χ1) is 13.1. The number of para-hydroxylation sites is 1. The molecular weight excluding hydrogens is 340 g/mol. The van der Waals surface area contributed by atoms with Gasteiger partial charge in [0.15, 0.2) is 5.43 Å². The summed E-state index contributed by atoms with van der Waals surface area (Å²) in [6, 6.07) is 20.1. The first-order valence-corrected chi connectivity index (χ1v) is 8.77. The number of amides is 1. The maximum Gasteiger partial charge on any atom is 0.261 e. The van der Waals surface area contributed by atoms with E-state index < -0.39 is 5.91 Å². The maximum atomic E-state index is 13.0. The van der Waals surface area contributed by atoms with Crippen LogP contribution >= 0.6 is 0 Å². The Bertz CT molecular complexity index is 980. The highest BCUT2D eigenvalue weighted by molar-refractivity contribution is 6.08. The number of aryl methyl sites for hydroxylation is 1. The summed E-state index contributed by atoms with van der Waals surface area (Å²) in [6.07, 6.45) is 0. The van der Waals surface area contributed by atoms with Crippen molar-refractivity contribution in [1.82, 2.24) is 4.57 Å². The monoisotopic (exact) mass is 362 g/mol. The fourth-order valence-electron chi connectivity index (χ4n) is 3.07. The van der Waals surface area contributed by atoms with Crippen molar-refractivity contribution in [3.63, 3.8) is 0 Å². The van der Waals surface area contributed by atoms with Gasteiger partial charge in [0, 0.05) is 31.1 Å². The van der Waals surface area contributed by atoms with Crippen molar-refractivity contribution in [2.24, 2.45) is 0 Å². The smallest absolute Gasteiger partial charge is 0.261 e. The molecule has 0 saturated heterocycles. The second-order valence-corrected chi connectivity index (χ2v) is 6.20. The zero-order chi connectivity index (χ0) is 19.2. The van der Waals surface area contributed by atoms with Crippen LogP contribution < -0.4 is 10.7 Å². The van der Waals surface area contributed by atoms with Gasteiger partial charge in [-0.2, -0.15) is 0 Å². The second-order valence-electron chi connectivity index (χ2n) is 6.20. The normalized spacial score (nSPS) is 10.6. The number of nitrogens with zero attached hydrogens (tertiary/aromatic N) is 1. The lowest BCUT2D eigenvalue weighted by molar-refractivity contribution is 0.102. The second kappa shape index (κ2) is 8.47. The summed E-state index contributed by atoms with van der Waals surface area (Å²) in [4.78, 5) is 25.8. The average molecular weight is 362 g/mol. The summed E-state index contributed by atoms with van der Waals surface area (Å²) in [5, 5.41) is 2.83. The highest BCUT2D eigenvalue weighted by atomic mass is 16.5. The van der Waals surface area contributed by atoms with Crippen LogP contribution in [0.4, 0.5) is 5.69 Å². The molecule has 5 heteroatoms. The van der Waals surface area contributed by atoms with E-state index in [-0.39, 0.29) is 11.0 Å². The molecule has 0 atom stereocenters. The number of hydrogen-bond acceptors (Lipinski definition) is 3. The number of rotatable bonds is 6. The van der Waals surface area contributed by atoms with Gasteiger partial charge in [-0.3, -0.25) is 9.59 Å². The van der Waals surface area contributed by atoms with Gasteiger partial charge < -0.3 is 14.6 Å². The Kier molecular flexibility index (Phi) is 5.84. The fourth-order valence-corrected chi connectivity index (χ4v) is 3.07. The van der Waals surface area contributed by atoms with Crippen LogP contribution in [0.5, 0.6) is 0 Å². The Balaban J connectivity index is 2.17. The number of carbonyl (C=O) groups excluding carboxylic acids is 1. The van der Waals surface area contributed by atoms with Gasteiger partial charge in [-0.1, -0.05) is 48.5 Å². The Morgan fingerprint density at radius 3 is 2.30 bits per heavy atom. The highest BCUT2D eigenvalue weighted by Crippen LogP contribution is 2.24. The van der Waals surface area contributed by atoms with Crippen LogP contribution in [0.1, 0.15) is 16.1 Å². The van der Waals surface area contributed by atoms with Crippen molar-refractivity contribution in [1.29, 1.82) is 0 Å². The predicted molar refractivity (Wildman–Crippen MR) is 107 cm³/mol. The van der Waals surface area contributed by atoms with Crippen LogP contribution in [0, 0.1) is 6.92 Å². The molecule has 27 heavy (non-hydrogen) atoms. The van der Waals surface area contributed by atoms with Crippen LogP contribution in [-0.2, 0) is 11.3 Å². The molecule has 3 rings (SSSR count). The average Bonchev–Trinajstić information content (AvgIpc) is 2.68. The molecule has 5 nitrogen and oxygen atoms in total. The number of carbonyl (C=O) groups is 1. The summed E-state index contributed by atoms with van der Waals surface area (Å²) in [5.41, 5.74) is 2.68. The largest absolute Gasteiger partial charge is 0.383 e. The van der Waals surface area contributed by atoms with Gasteiger partial charge in [-0.05, 0) is 24.6 Å². The van der Waals surface area contributed by atoms with Crippen LogP contribution in [0.15, 0.2) is 71.5 Å². The van der Waals surface area contributed by atoms with E-state index in [2.05, 4.69) is 5.32 Å². The molecule has 0 unspecified atom stereocenters. The van der Waals surface area contributed by atoms with Crippen LogP contribution in [-0.4, -0.2) is 24.2 Å². The van der Waals surface area contributed by atoms with Crippen LogP contribution in [0.25, 0.3) is 11.3 Å². The third-order valence-corrected chi connectivity index (χ3v) is 4.34. The Morgan fingerprint density at radius 1 is 1.04 bits per heavy atom. The molecule has 2 aromatic carbocycles. The minimum atomic E-state index is -0.420. The number of aromatic nitrogens is 1.